The second-order valence-electron chi connectivity index (χ2n) is 6.85. The second-order valence-corrected chi connectivity index (χ2v) is 6.85. The Morgan fingerprint density at radius 1 is 1.11 bits per heavy atom. The van der Waals surface area contributed by atoms with E-state index in [4.69, 9.17) is 4.74 Å². The van der Waals surface area contributed by atoms with E-state index in [0.29, 0.717) is 0 Å². The molecule has 2 heterocycles. The number of nitrogens with one attached hydrogen (secondary N) is 1. The number of hydrogen-bond acceptors (Lipinski definition) is 3. The van der Waals surface area contributed by atoms with Crippen LogP contribution in [0.1, 0.15) is 31.4 Å². The zero-order valence-electron chi connectivity index (χ0n) is 15.2. The molecule has 0 radical (unpaired) electrons. The van der Waals surface area contributed by atoms with Crippen LogP contribution in [0.3, 0.4) is 0 Å². The molecule has 0 aliphatic heterocycles. The maximum Gasteiger partial charge on any atom is 0.431 e. The largest absolute Gasteiger partial charge is 0.496 e. The van der Waals surface area contributed by atoms with E-state index in [1.165, 1.54) is 31.4 Å². The summed E-state index contributed by atoms with van der Waals surface area (Å²) in [5, 5.41) is 3.20. The number of nitrogens with zero attached hydrogens (tertiary/aromatic N) is 2. The minimum absolute atomic E-state index is 0.0118. The summed E-state index contributed by atoms with van der Waals surface area (Å²) in [5.74, 6) is -0.254. The maximum absolute atomic E-state index is 14.7. The lowest BCUT2D eigenvalue weighted by Gasteiger charge is -2.18. The number of alkyl halides is 3. The van der Waals surface area contributed by atoms with Crippen molar-refractivity contribution < 1.29 is 22.3 Å². The lowest BCUT2D eigenvalue weighted by molar-refractivity contribution is -0.141. The first kappa shape index (κ1) is 18.6. The van der Waals surface area contributed by atoms with Crippen LogP contribution in [0.2, 0.25) is 0 Å². The molecule has 1 saturated carbocycles. The summed E-state index contributed by atoms with van der Waals surface area (Å²) in [7, 11) is 1.39. The summed E-state index contributed by atoms with van der Waals surface area (Å²) in [5.41, 5.74) is -0.615. The molecule has 148 valence electrons. The van der Waals surface area contributed by atoms with Gasteiger partial charge in [0.05, 0.1) is 12.7 Å². The molecule has 3 aromatic rings. The van der Waals surface area contributed by atoms with Crippen LogP contribution in [-0.2, 0) is 6.18 Å². The van der Waals surface area contributed by atoms with Gasteiger partial charge in [-0.25, -0.2) is 9.37 Å². The first-order valence-electron chi connectivity index (χ1n) is 9.08. The highest BCUT2D eigenvalue weighted by molar-refractivity contribution is 5.81. The van der Waals surface area contributed by atoms with E-state index >= 15 is 0 Å². The Labute approximate surface area is 159 Å². The summed E-state index contributed by atoms with van der Waals surface area (Å²) in [6, 6.07) is 8.07. The van der Waals surface area contributed by atoms with Gasteiger partial charge in [0.2, 0.25) is 0 Å². The normalized spacial score (nSPS) is 15.3. The average molecular weight is 393 g/mol. The quantitative estimate of drug-likeness (QED) is 0.593. The van der Waals surface area contributed by atoms with Crippen LogP contribution >= 0.6 is 0 Å². The lowest BCUT2D eigenvalue weighted by atomic mass is 10.1. The van der Waals surface area contributed by atoms with E-state index in [1.54, 1.807) is 6.07 Å². The third-order valence-electron chi connectivity index (χ3n) is 5.06. The fourth-order valence-corrected chi connectivity index (χ4v) is 3.79. The average Bonchev–Trinajstić information content (AvgIpc) is 3.29. The fourth-order valence-electron chi connectivity index (χ4n) is 3.79. The van der Waals surface area contributed by atoms with Gasteiger partial charge in [0.15, 0.2) is 0 Å². The highest BCUT2D eigenvalue weighted by Crippen LogP contribution is 2.41. The van der Waals surface area contributed by atoms with E-state index in [-0.39, 0.29) is 34.5 Å². The Bertz CT molecular complexity index is 1010. The number of imidazole rings is 1. The molecule has 28 heavy (non-hydrogen) atoms. The van der Waals surface area contributed by atoms with E-state index in [2.05, 4.69) is 10.3 Å². The highest BCUT2D eigenvalue weighted by atomic mass is 19.4. The van der Waals surface area contributed by atoms with Crippen LogP contribution < -0.4 is 10.1 Å². The molecule has 4 nitrogen and oxygen atoms in total. The van der Waals surface area contributed by atoms with Gasteiger partial charge in [-0.1, -0.05) is 25.0 Å². The number of rotatable bonds is 4. The number of anilines is 1. The first-order valence-corrected chi connectivity index (χ1v) is 9.08. The molecule has 1 aromatic carbocycles. The van der Waals surface area contributed by atoms with Crippen molar-refractivity contribution in [1.82, 2.24) is 9.38 Å². The number of methoxy groups -OCH3 is 1. The van der Waals surface area contributed by atoms with Crippen molar-refractivity contribution in [3.8, 4) is 17.0 Å². The van der Waals surface area contributed by atoms with Crippen LogP contribution in [0.25, 0.3) is 16.9 Å². The molecule has 0 atom stereocenters. The Morgan fingerprint density at radius 2 is 1.82 bits per heavy atom. The van der Waals surface area contributed by atoms with Crippen molar-refractivity contribution in [3.05, 3.63) is 47.9 Å². The molecule has 1 aliphatic rings. The van der Waals surface area contributed by atoms with E-state index in [9.17, 15) is 17.6 Å². The molecule has 0 saturated heterocycles. The van der Waals surface area contributed by atoms with Crippen LogP contribution in [0.5, 0.6) is 5.75 Å². The number of hydrogen-bond donors (Lipinski definition) is 1. The number of ether oxygens (including phenoxy) is 1. The van der Waals surface area contributed by atoms with E-state index in [1.807, 2.05) is 0 Å². The van der Waals surface area contributed by atoms with E-state index in [0.717, 1.165) is 36.2 Å². The third kappa shape index (κ3) is 3.16. The summed E-state index contributed by atoms with van der Waals surface area (Å²) in [6.45, 7) is 0. The zero-order chi connectivity index (χ0) is 19.9. The lowest BCUT2D eigenvalue weighted by Crippen LogP contribution is -2.19. The van der Waals surface area contributed by atoms with Crippen LogP contribution in [0.4, 0.5) is 23.4 Å². The van der Waals surface area contributed by atoms with Gasteiger partial charge in [0.1, 0.15) is 34.4 Å². The summed E-state index contributed by atoms with van der Waals surface area (Å²) in [4.78, 5) is 4.35. The molecule has 1 N–H and O–H groups in total. The predicted octanol–water partition coefficient (Wildman–Crippen LogP) is 5.52. The molecular formula is C20H19F4N3O. The van der Waals surface area contributed by atoms with Gasteiger partial charge in [-0.3, -0.25) is 4.40 Å². The molecule has 0 unspecified atom stereocenters. The Hall–Kier alpha value is -2.77. The number of halogens is 4. The molecule has 1 fully saturated rings. The molecule has 1 aliphatic carbocycles. The van der Waals surface area contributed by atoms with Gasteiger partial charge in [0.25, 0.3) is 0 Å². The third-order valence-corrected chi connectivity index (χ3v) is 5.06. The van der Waals surface area contributed by atoms with Gasteiger partial charge in [-0.05, 0) is 37.1 Å². The topological polar surface area (TPSA) is 38.6 Å². The molecule has 8 heteroatoms. The van der Waals surface area contributed by atoms with Crippen LogP contribution in [0.15, 0.2) is 36.4 Å². The molecular weight excluding hydrogens is 374 g/mol. The van der Waals surface area contributed by atoms with Crippen molar-refractivity contribution >= 4 is 11.5 Å². The van der Waals surface area contributed by atoms with Crippen LogP contribution in [0, 0.1) is 5.82 Å². The number of pyridine rings is 1. The van der Waals surface area contributed by atoms with Gasteiger partial charge < -0.3 is 10.1 Å². The van der Waals surface area contributed by atoms with Crippen molar-refractivity contribution in [1.29, 1.82) is 0 Å². The highest BCUT2D eigenvalue weighted by Gasteiger charge is 2.36. The molecule has 4 rings (SSSR count). The van der Waals surface area contributed by atoms with Crippen molar-refractivity contribution in [2.45, 2.75) is 37.9 Å². The zero-order valence-corrected chi connectivity index (χ0v) is 15.2. The van der Waals surface area contributed by atoms with Crippen LogP contribution in [-0.4, -0.2) is 22.5 Å². The van der Waals surface area contributed by atoms with Gasteiger partial charge >= 0.3 is 6.18 Å². The molecule has 0 spiro atoms. The number of aromatic nitrogens is 2. The molecule has 0 amide bonds. The minimum atomic E-state index is -4.58. The Morgan fingerprint density at radius 3 is 2.50 bits per heavy atom. The van der Waals surface area contributed by atoms with Crippen molar-refractivity contribution in [2.75, 3.05) is 12.4 Å². The standard InChI is InChI=1S/C20H19F4N3O/c1-28-14-9-4-8-13(21)17(14)18-19(25-12-6-2-3-7-12)27-15(20(22,23)24)10-5-11-16(27)26-18/h4-5,8-12,25H,2-3,6-7H2,1H3. The minimum Gasteiger partial charge on any atom is -0.496 e. The van der Waals surface area contributed by atoms with Crippen molar-refractivity contribution in [3.63, 3.8) is 0 Å². The summed E-state index contributed by atoms with van der Waals surface area (Å²) < 4.78 is 62.0. The Kier molecular flexibility index (Phi) is 4.64. The predicted molar refractivity (Wildman–Crippen MR) is 98.0 cm³/mol. The molecule has 0 bridgehead atoms. The summed E-state index contributed by atoms with van der Waals surface area (Å²) >= 11 is 0. The monoisotopic (exact) mass is 393 g/mol. The fraction of sp³-hybridized carbons (Fsp3) is 0.350. The number of fused-ring (bicyclic) bond motifs is 1. The van der Waals surface area contributed by atoms with Gasteiger partial charge in [0, 0.05) is 6.04 Å². The van der Waals surface area contributed by atoms with Crippen molar-refractivity contribution in [2.24, 2.45) is 0 Å². The first-order chi connectivity index (χ1) is 13.4. The van der Waals surface area contributed by atoms with E-state index < -0.39 is 17.7 Å². The molecule has 2 aromatic heterocycles. The Balaban J connectivity index is 2.01. The number of benzene rings is 1. The SMILES string of the molecule is COc1cccc(F)c1-c1nc2cccc(C(F)(F)F)n2c1NC1CCCC1. The maximum atomic E-state index is 14.7. The smallest absolute Gasteiger partial charge is 0.431 e. The van der Waals surface area contributed by atoms with Gasteiger partial charge in [-0.2, -0.15) is 13.2 Å². The second kappa shape index (κ2) is 7.00. The summed E-state index contributed by atoms with van der Waals surface area (Å²) in [6.07, 6.45) is -0.898. The van der Waals surface area contributed by atoms with Gasteiger partial charge in [-0.15, -0.1) is 0 Å².